The van der Waals surface area contributed by atoms with E-state index in [4.69, 9.17) is 16.3 Å². The highest BCUT2D eigenvalue weighted by atomic mass is 35.5. The van der Waals surface area contributed by atoms with Gasteiger partial charge >= 0.3 is 5.97 Å². The zero-order chi connectivity index (χ0) is 15.9. The van der Waals surface area contributed by atoms with E-state index in [2.05, 4.69) is 5.32 Å². The number of carbonyl (C=O) groups is 2. The van der Waals surface area contributed by atoms with E-state index < -0.39 is 29.2 Å². The molecule has 3 rings (SSSR count). The first-order valence-electron chi connectivity index (χ1n) is 7.02. The third kappa shape index (κ3) is 2.57. The average Bonchev–Trinajstić information content (AvgIpc) is 3.09. The van der Waals surface area contributed by atoms with E-state index in [9.17, 15) is 19.1 Å². The number of carbonyl (C=O) groups excluding carboxylic acids is 1. The third-order valence-electron chi connectivity index (χ3n) is 4.29. The highest BCUT2D eigenvalue weighted by molar-refractivity contribution is 6.31. The molecule has 0 radical (unpaired) electrons. The first-order chi connectivity index (χ1) is 10.4. The molecule has 1 aromatic rings. The van der Waals surface area contributed by atoms with Gasteiger partial charge in [-0.3, -0.25) is 4.79 Å². The lowest BCUT2D eigenvalue weighted by Gasteiger charge is -2.23. The van der Waals surface area contributed by atoms with Crippen LogP contribution in [-0.2, 0) is 14.3 Å². The Bertz CT molecular complexity index is 610. The number of carboxylic acid groups (broad SMARTS) is 1. The third-order valence-corrected chi connectivity index (χ3v) is 4.62. The highest BCUT2D eigenvalue weighted by Crippen LogP contribution is 2.50. The van der Waals surface area contributed by atoms with Crippen LogP contribution in [0.4, 0.5) is 4.39 Å². The Labute approximate surface area is 131 Å². The minimum absolute atomic E-state index is 0.0497. The zero-order valence-electron chi connectivity index (χ0n) is 11.6. The van der Waals surface area contributed by atoms with Crippen molar-refractivity contribution >= 4 is 23.5 Å². The predicted molar refractivity (Wildman–Crippen MR) is 76.2 cm³/mol. The average molecular weight is 328 g/mol. The molecule has 7 heteroatoms. The molecule has 2 N–H and O–H groups in total. The summed E-state index contributed by atoms with van der Waals surface area (Å²) in [4.78, 5) is 23.7. The summed E-state index contributed by atoms with van der Waals surface area (Å²) in [6, 6.07) is 4.39. The van der Waals surface area contributed by atoms with Crippen LogP contribution in [0.2, 0.25) is 5.02 Å². The smallest absolute Gasteiger partial charge is 0.331 e. The zero-order valence-corrected chi connectivity index (χ0v) is 12.4. The number of hydrogen-bond acceptors (Lipinski definition) is 3. The summed E-state index contributed by atoms with van der Waals surface area (Å²) < 4.78 is 19.0. The summed E-state index contributed by atoms with van der Waals surface area (Å²) in [5, 5.41) is 12.2. The maximum atomic E-state index is 13.9. The molecular weight excluding hydrogens is 313 g/mol. The number of ether oxygens (including phenoxy) is 1. The number of nitrogens with one attached hydrogen (secondary N) is 1. The van der Waals surface area contributed by atoms with Gasteiger partial charge in [-0.05, 0) is 18.6 Å². The predicted octanol–water partition coefficient (Wildman–Crippen LogP) is 1.94. The molecule has 2 fully saturated rings. The van der Waals surface area contributed by atoms with Crippen molar-refractivity contribution in [3.8, 4) is 0 Å². The molecule has 22 heavy (non-hydrogen) atoms. The molecule has 1 amide bonds. The van der Waals surface area contributed by atoms with Crippen LogP contribution >= 0.6 is 11.6 Å². The lowest BCUT2D eigenvalue weighted by Crippen LogP contribution is -2.55. The second-order valence-corrected chi connectivity index (χ2v) is 6.17. The van der Waals surface area contributed by atoms with Crippen LogP contribution in [0.1, 0.15) is 24.3 Å². The molecule has 0 aromatic heterocycles. The summed E-state index contributed by atoms with van der Waals surface area (Å²) in [6.45, 7) is 0.242. The Morgan fingerprint density at radius 1 is 1.45 bits per heavy atom. The number of amides is 1. The van der Waals surface area contributed by atoms with Crippen LogP contribution in [0.3, 0.4) is 0 Å². The van der Waals surface area contributed by atoms with Gasteiger partial charge in [0.15, 0.2) is 5.54 Å². The largest absolute Gasteiger partial charge is 0.479 e. The van der Waals surface area contributed by atoms with Gasteiger partial charge in [0.05, 0.1) is 6.61 Å². The maximum Gasteiger partial charge on any atom is 0.331 e. The van der Waals surface area contributed by atoms with Gasteiger partial charge in [-0.2, -0.15) is 0 Å². The molecule has 118 valence electrons. The number of rotatable bonds is 4. The Hall–Kier alpha value is -1.66. The number of hydrogen-bond donors (Lipinski definition) is 2. The fourth-order valence-corrected chi connectivity index (χ4v) is 3.19. The molecule has 1 aliphatic carbocycles. The van der Waals surface area contributed by atoms with E-state index in [-0.39, 0.29) is 24.0 Å². The molecule has 1 saturated heterocycles. The minimum atomic E-state index is -1.37. The van der Waals surface area contributed by atoms with Crippen LogP contribution in [0, 0.1) is 11.7 Å². The summed E-state index contributed by atoms with van der Waals surface area (Å²) in [7, 11) is 0. The van der Waals surface area contributed by atoms with Crippen molar-refractivity contribution in [2.24, 2.45) is 5.92 Å². The van der Waals surface area contributed by atoms with E-state index in [1.54, 1.807) is 6.07 Å². The molecule has 5 nitrogen and oxygen atoms in total. The van der Waals surface area contributed by atoms with Gasteiger partial charge in [-0.15, -0.1) is 0 Å². The van der Waals surface area contributed by atoms with Crippen LogP contribution in [0.25, 0.3) is 0 Å². The van der Waals surface area contributed by atoms with E-state index in [1.165, 1.54) is 12.1 Å². The van der Waals surface area contributed by atoms with Crippen molar-refractivity contribution in [1.29, 1.82) is 0 Å². The Morgan fingerprint density at radius 2 is 2.23 bits per heavy atom. The Balaban J connectivity index is 1.72. The number of aliphatic carboxylic acids is 1. The van der Waals surface area contributed by atoms with Crippen molar-refractivity contribution in [2.45, 2.75) is 24.3 Å². The highest BCUT2D eigenvalue weighted by Gasteiger charge is 2.51. The first kappa shape index (κ1) is 15.2. The van der Waals surface area contributed by atoms with Crippen molar-refractivity contribution in [3.05, 3.63) is 34.6 Å². The van der Waals surface area contributed by atoms with Crippen LogP contribution < -0.4 is 5.32 Å². The number of halogens is 2. The molecule has 3 unspecified atom stereocenters. The van der Waals surface area contributed by atoms with Gasteiger partial charge in [0, 0.05) is 35.4 Å². The van der Waals surface area contributed by atoms with Gasteiger partial charge in [0.25, 0.3) is 0 Å². The molecule has 0 bridgehead atoms. The van der Waals surface area contributed by atoms with Crippen molar-refractivity contribution in [1.82, 2.24) is 5.32 Å². The molecular formula is C15H15ClFNO4. The van der Waals surface area contributed by atoms with E-state index in [0.29, 0.717) is 18.6 Å². The molecule has 1 saturated carbocycles. The fourth-order valence-electron chi connectivity index (χ4n) is 2.88. The van der Waals surface area contributed by atoms with Gasteiger partial charge in [-0.25, -0.2) is 9.18 Å². The Kier molecular flexibility index (Phi) is 3.82. The molecule has 1 aromatic carbocycles. The van der Waals surface area contributed by atoms with Gasteiger partial charge in [0.2, 0.25) is 5.91 Å². The monoisotopic (exact) mass is 327 g/mol. The lowest BCUT2D eigenvalue weighted by molar-refractivity contribution is -0.147. The van der Waals surface area contributed by atoms with Gasteiger partial charge in [0.1, 0.15) is 5.82 Å². The quantitative estimate of drug-likeness (QED) is 0.886. The fraction of sp³-hybridized carbons (Fsp3) is 0.467. The van der Waals surface area contributed by atoms with E-state index in [0.717, 1.165) is 0 Å². The van der Waals surface area contributed by atoms with Crippen molar-refractivity contribution in [2.75, 3.05) is 13.2 Å². The first-order valence-corrected chi connectivity index (χ1v) is 7.39. The Morgan fingerprint density at radius 3 is 2.82 bits per heavy atom. The summed E-state index contributed by atoms with van der Waals surface area (Å²) in [6.07, 6.45) is 0.689. The van der Waals surface area contributed by atoms with E-state index >= 15 is 0 Å². The summed E-state index contributed by atoms with van der Waals surface area (Å²) in [5.41, 5.74) is -1.04. The molecule has 2 aliphatic rings. The molecule has 0 spiro atoms. The van der Waals surface area contributed by atoms with Crippen molar-refractivity contribution in [3.63, 3.8) is 0 Å². The SMILES string of the molecule is O=C(NC1(C(=O)O)CCOC1)C1CC1c1c(F)cccc1Cl. The summed E-state index contributed by atoms with van der Waals surface area (Å²) >= 11 is 6.00. The molecule has 1 aliphatic heterocycles. The normalized spacial score (nSPS) is 30.1. The molecule has 1 heterocycles. The lowest BCUT2D eigenvalue weighted by atomic mass is 9.98. The van der Waals surface area contributed by atoms with E-state index in [1.807, 2.05) is 0 Å². The van der Waals surface area contributed by atoms with Gasteiger partial charge < -0.3 is 15.2 Å². The van der Waals surface area contributed by atoms with Crippen molar-refractivity contribution < 1.29 is 23.8 Å². The summed E-state index contributed by atoms with van der Waals surface area (Å²) in [5.74, 6) is -2.70. The second-order valence-electron chi connectivity index (χ2n) is 5.76. The number of carboxylic acids is 1. The minimum Gasteiger partial charge on any atom is -0.479 e. The van der Waals surface area contributed by atoms with Gasteiger partial charge in [-0.1, -0.05) is 17.7 Å². The maximum absolute atomic E-state index is 13.9. The van der Waals surface area contributed by atoms with Crippen LogP contribution in [0.5, 0.6) is 0 Å². The number of benzene rings is 1. The molecule has 3 atom stereocenters. The second kappa shape index (κ2) is 5.52. The topological polar surface area (TPSA) is 75.6 Å². The van der Waals surface area contributed by atoms with Crippen LogP contribution in [-0.4, -0.2) is 35.7 Å². The standard InChI is InChI=1S/C15H15ClFNO4/c16-10-2-1-3-11(17)12(10)8-6-9(8)13(19)18-15(14(20)21)4-5-22-7-15/h1-3,8-9H,4-7H2,(H,18,19)(H,20,21). The van der Waals surface area contributed by atoms with Crippen LogP contribution in [0.15, 0.2) is 18.2 Å².